The van der Waals surface area contributed by atoms with Crippen LogP contribution >= 0.6 is 7.14 Å². The van der Waals surface area contributed by atoms with Gasteiger partial charge in [0.1, 0.15) is 18.7 Å². The van der Waals surface area contributed by atoms with Crippen molar-refractivity contribution >= 4 is 18.1 Å². The van der Waals surface area contributed by atoms with E-state index in [0.29, 0.717) is 5.69 Å². The van der Waals surface area contributed by atoms with E-state index in [0.717, 1.165) is 0 Å². The van der Waals surface area contributed by atoms with Crippen molar-refractivity contribution in [2.45, 2.75) is 0 Å². The molecule has 0 saturated heterocycles. The van der Waals surface area contributed by atoms with Gasteiger partial charge in [-0.3, -0.25) is 0 Å². The van der Waals surface area contributed by atoms with Crippen LogP contribution in [0.25, 0.3) is 11.3 Å². The monoisotopic (exact) mass is 268 g/mol. The molecule has 0 aliphatic rings. The molecule has 0 atom stereocenters. The molecule has 0 aliphatic carbocycles. The van der Waals surface area contributed by atoms with Crippen molar-refractivity contribution in [3.05, 3.63) is 24.1 Å². The van der Waals surface area contributed by atoms with E-state index in [1.54, 1.807) is 13.1 Å². The van der Waals surface area contributed by atoms with Crippen LogP contribution in [0.5, 0.6) is 0 Å². The van der Waals surface area contributed by atoms with Crippen LogP contribution in [0.2, 0.25) is 0 Å². The zero-order chi connectivity index (χ0) is 13.5. The summed E-state index contributed by atoms with van der Waals surface area (Å²) in [5, 5.41) is 7.99. The fourth-order valence-electron chi connectivity index (χ4n) is 1.79. The molecule has 18 heavy (non-hydrogen) atoms. The van der Waals surface area contributed by atoms with Gasteiger partial charge in [0.2, 0.25) is 0 Å². The molecular formula is C11H14FN4OP. The lowest BCUT2D eigenvalue weighted by Gasteiger charge is -2.13. The van der Waals surface area contributed by atoms with Crippen LogP contribution in [0, 0.1) is 5.82 Å². The summed E-state index contributed by atoms with van der Waals surface area (Å²) < 4.78 is 26.5. The number of nitrogens with zero attached hydrogens (tertiary/aromatic N) is 3. The molecule has 7 heteroatoms. The smallest absolute Gasteiger partial charge is 0.145 e. The number of hydrogen-bond donors (Lipinski definition) is 1. The van der Waals surface area contributed by atoms with Crippen LogP contribution in [0.4, 0.5) is 10.1 Å². The van der Waals surface area contributed by atoms with Gasteiger partial charge in [0.15, 0.2) is 0 Å². The number of halogens is 1. The number of anilines is 1. The first kappa shape index (κ1) is 12.8. The Bertz CT molecular complexity index is 646. The van der Waals surface area contributed by atoms with Gasteiger partial charge in [0, 0.05) is 18.3 Å². The van der Waals surface area contributed by atoms with E-state index in [1.165, 1.54) is 30.4 Å². The Kier molecular flexibility index (Phi) is 2.99. The van der Waals surface area contributed by atoms with Crippen LogP contribution in [0.15, 0.2) is 18.3 Å². The van der Waals surface area contributed by atoms with Gasteiger partial charge in [-0.1, -0.05) is 0 Å². The maximum absolute atomic E-state index is 14.4. The Morgan fingerprint density at radius 1 is 1.39 bits per heavy atom. The summed E-state index contributed by atoms with van der Waals surface area (Å²) in [5.74, 6) is -0.580. The Morgan fingerprint density at radius 2 is 2.06 bits per heavy atom. The van der Waals surface area contributed by atoms with Crippen LogP contribution in [-0.4, -0.2) is 28.3 Å². The first-order valence-corrected chi connectivity index (χ1v) is 7.91. The third-order valence-corrected chi connectivity index (χ3v) is 4.09. The highest BCUT2D eigenvalue weighted by Crippen LogP contribution is 2.40. The SMILES string of the molecule is Cn1ncc(-c2ccc(N)c(P(C)(C)=O)c2F)n1. The minimum atomic E-state index is -2.79. The second-order valence-electron chi connectivity index (χ2n) is 4.44. The number of aryl methyl sites for hydroxylation is 1. The molecule has 1 aromatic carbocycles. The number of rotatable bonds is 2. The lowest BCUT2D eigenvalue weighted by atomic mass is 10.1. The zero-order valence-electron chi connectivity index (χ0n) is 10.4. The van der Waals surface area contributed by atoms with Crippen molar-refractivity contribution in [1.82, 2.24) is 15.0 Å². The quantitative estimate of drug-likeness (QED) is 0.661. The number of benzene rings is 1. The zero-order valence-corrected chi connectivity index (χ0v) is 11.3. The molecule has 96 valence electrons. The third-order valence-electron chi connectivity index (χ3n) is 2.56. The maximum Gasteiger partial charge on any atom is 0.145 e. The highest BCUT2D eigenvalue weighted by molar-refractivity contribution is 7.70. The van der Waals surface area contributed by atoms with E-state index in [4.69, 9.17) is 5.73 Å². The minimum Gasteiger partial charge on any atom is -0.398 e. The topological polar surface area (TPSA) is 73.8 Å². The normalized spacial score (nSPS) is 11.8. The number of hydrogen-bond acceptors (Lipinski definition) is 4. The number of nitrogen functional groups attached to an aromatic ring is 1. The maximum atomic E-state index is 14.4. The highest BCUT2D eigenvalue weighted by atomic mass is 31.2. The Labute approximate surface area is 104 Å². The molecular weight excluding hydrogens is 254 g/mol. The van der Waals surface area contributed by atoms with Gasteiger partial charge < -0.3 is 10.3 Å². The summed E-state index contributed by atoms with van der Waals surface area (Å²) in [6, 6.07) is 3.07. The second kappa shape index (κ2) is 4.21. The molecule has 1 heterocycles. The molecule has 0 spiro atoms. The highest BCUT2D eigenvalue weighted by Gasteiger charge is 2.23. The molecule has 0 aliphatic heterocycles. The second-order valence-corrected chi connectivity index (χ2v) is 7.58. The van der Waals surface area contributed by atoms with Gasteiger partial charge in [-0.25, -0.2) is 4.39 Å². The first-order chi connectivity index (χ1) is 8.30. The van der Waals surface area contributed by atoms with Gasteiger partial charge in [-0.05, 0) is 25.5 Å². The summed E-state index contributed by atoms with van der Waals surface area (Å²) in [4.78, 5) is 1.34. The molecule has 0 saturated carbocycles. The van der Waals surface area contributed by atoms with Gasteiger partial charge in [0.05, 0.1) is 11.5 Å². The van der Waals surface area contributed by atoms with E-state index in [2.05, 4.69) is 10.2 Å². The van der Waals surface area contributed by atoms with Gasteiger partial charge in [0.25, 0.3) is 0 Å². The van der Waals surface area contributed by atoms with E-state index in [1.807, 2.05) is 0 Å². The van der Waals surface area contributed by atoms with Gasteiger partial charge >= 0.3 is 0 Å². The lowest BCUT2D eigenvalue weighted by Crippen LogP contribution is -2.15. The van der Waals surface area contributed by atoms with Crippen LogP contribution in [0.3, 0.4) is 0 Å². The summed E-state index contributed by atoms with van der Waals surface area (Å²) >= 11 is 0. The number of nitrogens with two attached hydrogens (primary N) is 1. The molecule has 0 bridgehead atoms. The molecule has 2 aromatic rings. The predicted molar refractivity (Wildman–Crippen MR) is 69.9 cm³/mol. The van der Waals surface area contributed by atoms with Crippen molar-refractivity contribution in [1.29, 1.82) is 0 Å². The fourth-order valence-corrected chi connectivity index (χ4v) is 3.08. The lowest BCUT2D eigenvalue weighted by molar-refractivity contribution is 0.585. The molecule has 0 amide bonds. The van der Waals surface area contributed by atoms with E-state index in [-0.39, 0.29) is 16.6 Å². The van der Waals surface area contributed by atoms with Gasteiger partial charge in [-0.15, -0.1) is 0 Å². The van der Waals surface area contributed by atoms with E-state index < -0.39 is 13.0 Å². The molecule has 0 unspecified atom stereocenters. The predicted octanol–water partition coefficient (Wildman–Crippen LogP) is 1.45. The number of aromatic nitrogens is 3. The van der Waals surface area contributed by atoms with Gasteiger partial charge in [-0.2, -0.15) is 15.0 Å². The summed E-state index contributed by atoms with van der Waals surface area (Å²) in [7, 11) is -1.15. The fraction of sp³-hybridized carbons (Fsp3) is 0.273. The third kappa shape index (κ3) is 2.16. The van der Waals surface area contributed by atoms with E-state index >= 15 is 0 Å². The van der Waals surface area contributed by atoms with E-state index in [9.17, 15) is 8.96 Å². The molecule has 2 rings (SSSR count). The largest absolute Gasteiger partial charge is 0.398 e. The summed E-state index contributed by atoms with van der Waals surface area (Å²) in [6.07, 6.45) is 1.45. The van der Waals surface area contributed by atoms with Crippen LogP contribution in [-0.2, 0) is 11.6 Å². The Morgan fingerprint density at radius 3 is 2.56 bits per heavy atom. The Hall–Kier alpha value is -1.68. The molecule has 2 N–H and O–H groups in total. The minimum absolute atomic E-state index is 0.0747. The summed E-state index contributed by atoms with van der Waals surface area (Å²) in [6.45, 7) is 2.98. The standard InChI is InChI=1S/C11H14FN4OP/c1-16-14-6-9(15-16)7-4-5-8(13)11(10(7)12)18(2,3)17/h4-6H,13H2,1-3H3. The van der Waals surface area contributed by atoms with Crippen molar-refractivity contribution in [2.24, 2.45) is 7.05 Å². The molecule has 1 aromatic heterocycles. The van der Waals surface area contributed by atoms with Crippen molar-refractivity contribution in [3.63, 3.8) is 0 Å². The average Bonchev–Trinajstić information content (AvgIpc) is 2.62. The van der Waals surface area contributed by atoms with Crippen LogP contribution < -0.4 is 11.0 Å². The van der Waals surface area contributed by atoms with Crippen molar-refractivity contribution in [2.75, 3.05) is 19.1 Å². The van der Waals surface area contributed by atoms with Crippen molar-refractivity contribution in [3.8, 4) is 11.3 Å². The first-order valence-electron chi connectivity index (χ1n) is 5.31. The molecule has 5 nitrogen and oxygen atoms in total. The summed E-state index contributed by atoms with van der Waals surface area (Å²) in [5.41, 5.74) is 6.56. The Balaban J connectivity index is 2.69. The van der Waals surface area contributed by atoms with Crippen LogP contribution in [0.1, 0.15) is 0 Å². The average molecular weight is 268 g/mol. The molecule has 0 radical (unpaired) electrons. The molecule has 0 fully saturated rings. The van der Waals surface area contributed by atoms with Crippen molar-refractivity contribution < 1.29 is 8.96 Å².